The smallest absolute Gasteiger partial charge is 0.264 e. The van der Waals surface area contributed by atoms with Crippen molar-refractivity contribution in [1.29, 1.82) is 0 Å². The highest BCUT2D eigenvalue weighted by Crippen LogP contribution is 2.36. The number of hydroxylamine groups is 1. The first-order chi connectivity index (χ1) is 14.6. The number of carbonyl (C=O) groups is 1. The highest BCUT2D eigenvalue weighted by molar-refractivity contribution is 7.89. The lowest BCUT2D eigenvalue weighted by molar-refractivity contribution is -0.179. The molecule has 1 fully saturated rings. The zero-order valence-corrected chi connectivity index (χ0v) is 18.8. The number of benzene rings is 2. The summed E-state index contributed by atoms with van der Waals surface area (Å²) in [6.07, 6.45) is -0.457. The van der Waals surface area contributed by atoms with E-state index in [9.17, 15) is 18.4 Å². The van der Waals surface area contributed by atoms with Gasteiger partial charge in [0.25, 0.3) is 5.91 Å². The summed E-state index contributed by atoms with van der Waals surface area (Å²) in [5.74, 6) is -0.327. The number of hydrogen-bond acceptors (Lipinski definition) is 6. The Balaban J connectivity index is 1.88. The number of sulfonamides is 1. The molecule has 2 aromatic carbocycles. The van der Waals surface area contributed by atoms with Gasteiger partial charge in [-0.15, -0.1) is 0 Å². The van der Waals surface area contributed by atoms with Crippen LogP contribution in [0.4, 0.5) is 0 Å². The normalized spacial score (nSPS) is 23.8. The molecule has 0 radical (unpaired) electrons. The van der Waals surface area contributed by atoms with Crippen LogP contribution in [0.25, 0.3) is 0 Å². The molecule has 1 saturated heterocycles. The van der Waals surface area contributed by atoms with Gasteiger partial charge in [0, 0.05) is 6.04 Å². The molecule has 3 unspecified atom stereocenters. The number of morpholine rings is 1. The Kier molecular flexibility index (Phi) is 6.70. The van der Waals surface area contributed by atoms with Crippen molar-refractivity contribution in [3.8, 4) is 5.75 Å². The molecule has 0 aliphatic carbocycles. The van der Waals surface area contributed by atoms with Crippen LogP contribution in [0.5, 0.6) is 5.75 Å². The largest absolute Gasteiger partial charge is 0.489 e. The fourth-order valence-corrected chi connectivity index (χ4v) is 5.77. The van der Waals surface area contributed by atoms with Crippen molar-refractivity contribution in [2.45, 2.75) is 63.0 Å². The molecule has 31 heavy (non-hydrogen) atoms. The highest BCUT2D eigenvalue weighted by atomic mass is 32.2. The molecule has 0 aromatic heterocycles. The number of nitrogens with zero attached hydrogens (tertiary/aromatic N) is 1. The van der Waals surface area contributed by atoms with Gasteiger partial charge in [-0.25, -0.2) is 13.9 Å². The maximum absolute atomic E-state index is 13.5. The molecule has 3 atom stereocenters. The van der Waals surface area contributed by atoms with Crippen LogP contribution in [-0.4, -0.2) is 47.6 Å². The lowest BCUT2D eigenvalue weighted by Crippen LogP contribution is -2.68. The number of nitrogens with one attached hydrogen (secondary N) is 1. The SMILES string of the molecule is CC1OC(C)(C)C(C(=O)NO)N(S(=O)(=O)c2ccc(OCc3ccccc3)cc2)C1C. The third-order valence-corrected chi connectivity index (χ3v) is 7.46. The summed E-state index contributed by atoms with van der Waals surface area (Å²) in [7, 11) is -4.08. The maximum Gasteiger partial charge on any atom is 0.264 e. The summed E-state index contributed by atoms with van der Waals surface area (Å²) in [6, 6.07) is 13.8. The molecule has 8 nitrogen and oxygen atoms in total. The zero-order valence-electron chi connectivity index (χ0n) is 18.0. The lowest BCUT2D eigenvalue weighted by Gasteiger charge is -2.50. The molecule has 2 aromatic rings. The van der Waals surface area contributed by atoms with Gasteiger partial charge in [0.05, 0.1) is 16.6 Å². The summed E-state index contributed by atoms with van der Waals surface area (Å²) in [6.45, 7) is 7.03. The van der Waals surface area contributed by atoms with Crippen molar-refractivity contribution < 1.29 is 27.9 Å². The molecular formula is C22H28N2O6S. The predicted octanol–water partition coefficient (Wildman–Crippen LogP) is 2.72. The number of amides is 1. The van der Waals surface area contributed by atoms with Gasteiger partial charge in [-0.1, -0.05) is 30.3 Å². The number of carbonyl (C=O) groups excluding carboxylic acids is 1. The Morgan fingerprint density at radius 1 is 1.13 bits per heavy atom. The van der Waals surface area contributed by atoms with Crippen molar-refractivity contribution >= 4 is 15.9 Å². The van der Waals surface area contributed by atoms with Crippen molar-refractivity contribution in [3.05, 3.63) is 60.2 Å². The third kappa shape index (κ3) is 4.74. The van der Waals surface area contributed by atoms with Crippen molar-refractivity contribution in [1.82, 2.24) is 9.79 Å². The number of rotatable bonds is 6. The van der Waals surface area contributed by atoms with E-state index in [2.05, 4.69) is 0 Å². The van der Waals surface area contributed by atoms with Gasteiger partial charge in [-0.05, 0) is 57.5 Å². The Morgan fingerprint density at radius 3 is 2.32 bits per heavy atom. The highest BCUT2D eigenvalue weighted by Gasteiger charge is 2.53. The van der Waals surface area contributed by atoms with E-state index in [-0.39, 0.29) is 4.90 Å². The minimum atomic E-state index is -4.08. The van der Waals surface area contributed by atoms with E-state index >= 15 is 0 Å². The van der Waals surface area contributed by atoms with Gasteiger partial charge in [-0.3, -0.25) is 10.0 Å². The van der Waals surface area contributed by atoms with Gasteiger partial charge < -0.3 is 9.47 Å². The summed E-state index contributed by atoms with van der Waals surface area (Å²) in [5.41, 5.74) is 1.42. The van der Waals surface area contributed by atoms with E-state index in [0.717, 1.165) is 9.87 Å². The van der Waals surface area contributed by atoms with Crippen LogP contribution in [0, 0.1) is 0 Å². The molecular weight excluding hydrogens is 420 g/mol. The summed E-state index contributed by atoms with van der Waals surface area (Å²) in [4.78, 5) is 12.5. The average Bonchev–Trinajstić information content (AvgIpc) is 2.74. The van der Waals surface area contributed by atoms with Crippen LogP contribution in [0.3, 0.4) is 0 Å². The molecule has 0 spiro atoms. The molecule has 2 N–H and O–H groups in total. The Bertz CT molecular complexity index is 1010. The fourth-order valence-electron chi connectivity index (χ4n) is 3.81. The second-order valence-corrected chi connectivity index (χ2v) is 9.97. The Labute approximate surface area is 182 Å². The first-order valence-electron chi connectivity index (χ1n) is 10.00. The summed E-state index contributed by atoms with van der Waals surface area (Å²) in [5, 5.41) is 9.22. The topological polar surface area (TPSA) is 105 Å². The monoisotopic (exact) mass is 448 g/mol. The van der Waals surface area contributed by atoms with Crippen molar-refractivity contribution in [2.24, 2.45) is 0 Å². The van der Waals surface area contributed by atoms with Crippen molar-refractivity contribution in [3.63, 3.8) is 0 Å². The quantitative estimate of drug-likeness (QED) is 0.520. The van der Waals surface area contributed by atoms with Crippen LogP contribution in [0.1, 0.15) is 33.3 Å². The third-order valence-electron chi connectivity index (χ3n) is 5.49. The van der Waals surface area contributed by atoms with Gasteiger partial charge in [0.15, 0.2) is 0 Å². The van der Waals surface area contributed by atoms with Gasteiger partial charge in [0.2, 0.25) is 10.0 Å². The molecule has 168 valence electrons. The summed E-state index contributed by atoms with van der Waals surface area (Å²) < 4.78 is 39.8. The van der Waals surface area contributed by atoms with E-state index in [1.54, 1.807) is 45.3 Å². The molecule has 1 amide bonds. The standard InChI is InChI=1S/C22H28N2O6S/c1-15-16(2)30-22(3,4)20(21(25)23-26)24(15)31(27,28)19-12-10-18(11-13-19)29-14-17-8-6-5-7-9-17/h5-13,15-16,20,26H,14H2,1-4H3,(H,23,25). The van der Waals surface area contributed by atoms with Gasteiger partial charge in [0.1, 0.15) is 18.4 Å². The van der Waals surface area contributed by atoms with Crippen LogP contribution < -0.4 is 10.2 Å². The maximum atomic E-state index is 13.5. The molecule has 0 bridgehead atoms. The van der Waals surface area contributed by atoms with Crippen LogP contribution in [0.2, 0.25) is 0 Å². The minimum Gasteiger partial charge on any atom is -0.489 e. The summed E-state index contributed by atoms with van der Waals surface area (Å²) >= 11 is 0. The number of ether oxygens (including phenoxy) is 2. The predicted molar refractivity (Wildman–Crippen MR) is 114 cm³/mol. The van der Waals surface area contributed by atoms with E-state index in [1.807, 2.05) is 30.3 Å². The molecule has 3 rings (SSSR count). The Morgan fingerprint density at radius 2 is 1.74 bits per heavy atom. The lowest BCUT2D eigenvalue weighted by atomic mass is 9.93. The molecule has 1 aliphatic rings. The second kappa shape index (κ2) is 8.96. The second-order valence-electron chi connectivity index (χ2n) is 8.13. The number of hydrogen-bond donors (Lipinski definition) is 2. The first-order valence-corrected chi connectivity index (χ1v) is 11.4. The molecule has 1 heterocycles. The average molecular weight is 449 g/mol. The van der Waals surface area contributed by atoms with Crippen LogP contribution in [0.15, 0.2) is 59.5 Å². The van der Waals surface area contributed by atoms with Crippen molar-refractivity contribution in [2.75, 3.05) is 0 Å². The van der Waals surface area contributed by atoms with E-state index < -0.39 is 39.7 Å². The molecule has 1 aliphatic heterocycles. The Hall–Kier alpha value is -2.46. The zero-order chi connectivity index (χ0) is 22.8. The van der Waals surface area contributed by atoms with Gasteiger partial charge >= 0.3 is 0 Å². The minimum absolute atomic E-state index is 0.0204. The van der Waals surface area contributed by atoms with E-state index in [1.165, 1.54) is 12.1 Å². The van der Waals surface area contributed by atoms with Gasteiger partial charge in [-0.2, -0.15) is 4.31 Å². The van der Waals surface area contributed by atoms with E-state index in [0.29, 0.717) is 12.4 Å². The van der Waals surface area contributed by atoms with E-state index in [4.69, 9.17) is 9.47 Å². The molecule has 9 heteroatoms. The molecule has 0 saturated carbocycles. The first kappa shape index (κ1) is 23.2. The van der Waals surface area contributed by atoms with Crippen LogP contribution >= 0.6 is 0 Å². The fraction of sp³-hybridized carbons (Fsp3) is 0.409. The van der Waals surface area contributed by atoms with Crippen LogP contribution in [-0.2, 0) is 26.2 Å².